The first kappa shape index (κ1) is 21.6. The summed E-state index contributed by atoms with van der Waals surface area (Å²) >= 11 is 0. The lowest BCUT2D eigenvalue weighted by Crippen LogP contribution is -2.50. The minimum absolute atomic E-state index is 0.373. The molecule has 170 valence electrons. The molecule has 1 aliphatic heterocycles. The Labute approximate surface area is 196 Å². The molecule has 1 aromatic heterocycles. The average Bonchev–Trinajstić information content (AvgIpc) is 3.15. The van der Waals surface area contributed by atoms with E-state index in [1.165, 1.54) is 12.1 Å². The maximum atomic E-state index is 14.3. The van der Waals surface area contributed by atoms with Crippen molar-refractivity contribution in [2.24, 2.45) is 0 Å². The summed E-state index contributed by atoms with van der Waals surface area (Å²) in [7, 11) is 0. The van der Waals surface area contributed by atoms with Crippen molar-refractivity contribution in [3.63, 3.8) is 0 Å². The van der Waals surface area contributed by atoms with E-state index >= 15 is 0 Å². The zero-order chi connectivity index (χ0) is 23.8. The predicted octanol–water partition coefficient (Wildman–Crippen LogP) is 4.51. The van der Waals surface area contributed by atoms with Gasteiger partial charge in [-0.1, -0.05) is 48.0 Å². The van der Waals surface area contributed by atoms with Crippen LogP contribution in [0.1, 0.15) is 38.7 Å². The Hall–Kier alpha value is -4.26. The third-order valence-corrected chi connectivity index (χ3v) is 6.05. The van der Waals surface area contributed by atoms with E-state index in [2.05, 4.69) is 15.7 Å². The Bertz CT molecular complexity index is 1400. The van der Waals surface area contributed by atoms with Crippen molar-refractivity contribution in [2.75, 3.05) is 5.32 Å². The molecule has 0 saturated carbocycles. The Balaban J connectivity index is 1.63. The van der Waals surface area contributed by atoms with Gasteiger partial charge in [0.25, 0.3) is 5.91 Å². The van der Waals surface area contributed by atoms with Gasteiger partial charge in [-0.2, -0.15) is 5.10 Å². The number of carbonyl (C=O) groups excluding carboxylic acids is 2. The highest BCUT2D eigenvalue weighted by molar-refractivity contribution is 6.04. The molecule has 2 atom stereocenters. The number of nitrogens with one attached hydrogen (secondary N) is 2. The van der Waals surface area contributed by atoms with Gasteiger partial charge in [0.1, 0.15) is 17.7 Å². The molecule has 7 heteroatoms. The van der Waals surface area contributed by atoms with Crippen LogP contribution >= 0.6 is 0 Å². The van der Waals surface area contributed by atoms with E-state index in [4.69, 9.17) is 0 Å². The normalized spacial score (nSPS) is 17.1. The molecule has 1 aliphatic rings. The van der Waals surface area contributed by atoms with Crippen LogP contribution in [0.25, 0.3) is 5.69 Å². The zero-order valence-corrected chi connectivity index (χ0v) is 18.7. The van der Waals surface area contributed by atoms with E-state index in [1.807, 2.05) is 50.2 Å². The minimum atomic E-state index is -0.950. The van der Waals surface area contributed by atoms with E-state index in [9.17, 15) is 14.0 Å². The summed E-state index contributed by atoms with van der Waals surface area (Å²) in [5.74, 6) is -1.28. The quantitative estimate of drug-likeness (QED) is 0.476. The Kier molecular flexibility index (Phi) is 5.45. The molecule has 2 N–H and O–H groups in total. The summed E-state index contributed by atoms with van der Waals surface area (Å²) in [6.07, 6.45) is 0. The third-order valence-electron chi connectivity index (χ3n) is 6.05. The van der Waals surface area contributed by atoms with Crippen LogP contribution in [0, 0.1) is 19.7 Å². The number of aryl methyl sites for hydroxylation is 2. The second kappa shape index (κ2) is 8.59. The van der Waals surface area contributed by atoms with Crippen LogP contribution in [0.2, 0.25) is 0 Å². The standard InChI is InChI=1S/C27H23FN4O2/c1-16-8-6-10-19(14-16)26(33)29-24-23(18-9-7-11-20(28)15-18)22-17(2)31-32(25(22)30-27(24)34)21-12-4-3-5-13-21/h3-15,23-24H,1-2H3,(H,29,33)(H,30,34)/t23-,24-/m0/s1. The van der Waals surface area contributed by atoms with Crippen molar-refractivity contribution in [2.45, 2.75) is 25.8 Å². The van der Waals surface area contributed by atoms with Crippen LogP contribution in [0.3, 0.4) is 0 Å². The molecular weight excluding hydrogens is 431 g/mol. The van der Waals surface area contributed by atoms with Gasteiger partial charge in [0.05, 0.1) is 11.4 Å². The molecule has 4 aromatic rings. The topological polar surface area (TPSA) is 76.0 Å². The van der Waals surface area contributed by atoms with Crippen LogP contribution in [-0.4, -0.2) is 27.6 Å². The Morgan fingerprint density at radius 3 is 2.50 bits per heavy atom. The number of rotatable bonds is 4. The molecule has 0 radical (unpaired) electrons. The molecule has 2 heterocycles. The van der Waals surface area contributed by atoms with Gasteiger partial charge in [-0.05, 0) is 55.8 Å². The van der Waals surface area contributed by atoms with Crippen LogP contribution in [-0.2, 0) is 4.79 Å². The summed E-state index contributed by atoms with van der Waals surface area (Å²) in [5, 5.41) is 10.5. The van der Waals surface area contributed by atoms with Gasteiger partial charge >= 0.3 is 0 Å². The van der Waals surface area contributed by atoms with E-state index in [0.717, 1.165) is 16.8 Å². The Morgan fingerprint density at radius 2 is 1.76 bits per heavy atom. The zero-order valence-electron chi connectivity index (χ0n) is 18.7. The fourth-order valence-corrected chi connectivity index (χ4v) is 4.52. The van der Waals surface area contributed by atoms with Crippen molar-refractivity contribution in [1.82, 2.24) is 15.1 Å². The van der Waals surface area contributed by atoms with Crippen molar-refractivity contribution in [3.05, 3.63) is 113 Å². The number of para-hydroxylation sites is 1. The molecule has 5 rings (SSSR count). The van der Waals surface area contributed by atoms with Crippen molar-refractivity contribution >= 4 is 17.6 Å². The first-order valence-corrected chi connectivity index (χ1v) is 11.0. The van der Waals surface area contributed by atoms with E-state index in [1.54, 1.807) is 35.0 Å². The second-order valence-corrected chi connectivity index (χ2v) is 8.44. The first-order valence-electron chi connectivity index (χ1n) is 11.0. The lowest BCUT2D eigenvalue weighted by molar-refractivity contribution is -0.118. The lowest BCUT2D eigenvalue weighted by Gasteiger charge is -2.33. The van der Waals surface area contributed by atoms with Gasteiger partial charge < -0.3 is 10.6 Å². The number of carbonyl (C=O) groups is 2. The van der Waals surface area contributed by atoms with Gasteiger partial charge in [-0.3, -0.25) is 9.59 Å². The van der Waals surface area contributed by atoms with E-state index < -0.39 is 17.8 Å². The summed E-state index contributed by atoms with van der Waals surface area (Å²) in [6, 6.07) is 21.8. The Morgan fingerprint density at radius 1 is 1.00 bits per heavy atom. The van der Waals surface area contributed by atoms with Gasteiger partial charge in [0.2, 0.25) is 5.91 Å². The van der Waals surface area contributed by atoms with Crippen molar-refractivity contribution in [3.8, 4) is 5.69 Å². The number of halogens is 1. The average molecular weight is 455 g/mol. The number of hydrogen-bond donors (Lipinski definition) is 2. The molecule has 0 unspecified atom stereocenters. The van der Waals surface area contributed by atoms with Crippen molar-refractivity contribution < 1.29 is 14.0 Å². The summed E-state index contributed by atoms with van der Waals surface area (Å²) in [6.45, 7) is 3.74. The number of benzene rings is 3. The summed E-state index contributed by atoms with van der Waals surface area (Å²) < 4.78 is 15.9. The molecule has 0 fully saturated rings. The fraction of sp³-hybridized carbons (Fsp3) is 0.148. The molecule has 3 aromatic carbocycles. The van der Waals surface area contributed by atoms with E-state index in [0.29, 0.717) is 22.6 Å². The number of anilines is 1. The van der Waals surface area contributed by atoms with E-state index in [-0.39, 0.29) is 11.8 Å². The third kappa shape index (κ3) is 3.85. The predicted molar refractivity (Wildman–Crippen MR) is 128 cm³/mol. The molecule has 2 amide bonds. The number of hydrogen-bond acceptors (Lipinski definition) is 3. The highest BCUT2D eigenvalue weighted by atomic mass is 19.1. The largest absolute Gasteiger partial charge is 0.339 e. The van der Waals surface area contributed by atoms with Crippen LogP contribution in [0.5, 0.6) is 0 Å². The number of nitrogens with zero attached hydrogens (tertiary/aromatic N) is 2. The number of aromatic nitrogens is 2. The molecular formula is C27H23FN4O2. The van der Waals surface area contributed by atoms with Crippen LogP contribution in [0.15, 0.2) is 78.9 Å². The maximum Gasteiger partial charge on any atom is 0.251 e. The van der Waals surface area contributed by atoms with Crippen molar-refractivity contribution in [1.29, 1.82) is 0 Å². The monoisotopic (exact) mass is 454 g/mol. The highest BCUT2D eigenvalue weighted by Crippen LogP contribution is 2.40. The SMILES string of the molecule is Cc1cccc(C(=O)N[C@@H]2C(=O)Nc3c(c(C)nn3-c3ccccc3)[C@@H]2c2cccc(F)c2)c1. The number of fused-ring (bicyclic) bond motifs is 1. The molecule has 0 bridgehead atoms. The molecule has 6 nitrogen and oxygen atoms in total. The van der Waals surface area contributed by atoms with Gasteiger partial charge in [0.15, 0.2) is 0 Å². The van der Waals surface area contributed by atoms with Crippen LogP contribution in [0.4, 0.5) is 10.2 Å². The lowest BCUT2D eigenvalue weighted by atomic mass is 9.81. The molecule has 0 saturated heterocycles. The molecule has 0 aliphatic carbocycles. The van der Waals surface area contributed by atoms with Gasteiger partial charge in [-0.25, -0.2) is 9.07 Å². The fourth-order valence-electron chi connectivity index (χ4n) is 4.52. The van der Waals surface area contributed by atoms with Crippen LogP contribution < -0.4 is 10.6 Å². The second-order valence-electron chi connectivity index (χ2n) is 8.44. The summed E-state index contributed by atoms with van der Waals surface area (Å²) in [4.78, 5) is 26.5. The van der Waals surface area contributed by atoms with Gasteiger partial charge in [0, 0.05) is 17.0 Å². The minimum Gasteiger partial charge on any atom is -0.339 e. The highest BCUT2D eigenvalue weighted by Gasteiger charge is 2.42. The molecule has 0 spiro atoms. The number of amides is 2. The maximum absolute atomic E-state index is 14.3. The smallest absolute Gasteiger partial charge is 0.251 e. The summed E-state index contributed by atoms with van der Waals surface area (Å²) in [5.41, 5.74) is 4.18. The van der Waals surface area contributed by atoms with Gasteiger partial charge in [-0.15, -0.1) is 0 Å². The first-order chi connectivity index (χ1) is 16.4. The molecule has 34 heavy (non-hydrogen) atoms.